The second kappa shape index (κ2) is 5.44. The molecule has 3 atom stereocenters. The lowest BCUT2D eigenvalue weighted by Crippen LogP contribution is -2.48. The minimum absolute atomic E-state index is 0.496. The summed E-state index contributed by atoms with van der Waals surface area (Å²) < 4.78 is 6.85. The summed E-state index contributed by atoms with van der Waals surface area (Å²) in [5, 5.41) is 0. The molecule has 0 aromatic rings. The fourth-order valence-electron chi connectivity index (χ4n) is 6.36. The molecule has 0 bridgehead atoms. The van der Waals surface area contributed by atoms with Gasteiger partial charge in [-0.05, 0) is 79.3 Å². The summed E-state index contributed by atoms with van der Waals surface area (Å²) >= 11 is 0. The van der Waals surface area contributed by atoms with Gasteiger partial charge in [0.05, 0.1) is 5.70 Å². The van der Waals surface area contributed by atoms with Gasteiger partial charge in [0, 0.05) is 30.3 Å². The summed E-state index contributed by atoms with van der Waals surface area (Å²) in [6, 6.07) is 0.573. The summed E-state index contributed by atoms with van der Waals surface area (Å²) in [5.74, 6) is 3.68. The Morgan fingerprint density at radius 2 is 1.89 bits per heavy atom. The highest BCUT2D eigenvalue weighted by Gasteiger charge is 2.46. The van der Waals surface area contributed by atoms with Crippen molar-refractivity contribution in [3.8, 4) is 0 Å². The van der Waals surface area contributed by atoms with Crippen LogP contribution in [0.15, 0.2) is 94.6 Å². The van der Waals surface area contributed by atoms with Crippen molar-refractivity contribution in [2.24, 2.45) is 11.8 Å². The van der Waals surface area contributed by atoms with E-state index in [0.29, 0.717) is 12.0 Å². The molecule has 3 heteroatoms. The van der Waals surface area contributed by atoms with Crippen molar-refractivity contribution in [1.29, 1.82) is 0 Å². The van der Waals surface area contributed by atoms with E-state index in [1.54, 1.807) is 5.57 Å². The number of nitrogens with zero attached hydrogens (tertiary/aromatic N) is 2. The summed E-state index contributed by atoms with van der Waals surface area (Å²) in [5.41, 5.74) is 7.17. The standard InChI is InChI=1S/C25H24N2O/c1-5-16-13-18-15-19-14-17-6-2-10-27-12-4-8-21(23(17)27)25(19)28-24(18)20-7-3-11-26(9-1)22(16)20/h1-5,7,10-12,17,21,23H,6,8-9,13-15H2. The predicted octanol–water partition coefficient (Wildman–Crippen LogP) is 5.04. The van der Waals surface area contributed by atoms with E-state index in [2.05, 4.69) is 64.9 Å². The van der Waals surface area contributed by atoms with Gasteiger partial charge in [-0.15, -0.1) is 0 Å². The van der Waals surface area contributed by atoms with Gasteiger partial charge in [0.1, 0.15) is 11.5 Å². The molecule has 0 N–H and O–H groups in total. The Labute approximate surface area is 166 Å². The van der Waals surface area contributed by atoms with Crippen LogP contribution >= 0.6 is 0 Å². The molecule has 0 aromatic carbocycles. The number of hydrogen-bond acceptors (Lipinski definition) is 3. The number of fused-ring (bicyclic) bond motifs is 2. The SMILES string of the molecule is C1=CN2CC=CC3=C2C(=C1)C1=C(C3)CC2=C(O1)C1CC=CN3C=CCC(C2)C13. The van der Waals surface area contributed by atoms with Crippen LogP contribution < -0.4 is 0 Å². The maximum Gasteiger partial charge on any atom is 0.136 e. The summed E-state index contributed by atoms with van der Waals surface area (Å²) in [6.07, 6.45) is 26.1. The highest BCUT2D eigenvalue weighted by atomic mass is 16.5. The average Bonchev–Trinajstić information content (AvgIpc) is 2.74. The molecule has 7 aliphatic rings. The largest absolute Gasteiger partial charge is 0.461 e. The van der Waals surface area contributed by atoms with Crippen molar-refractivity contribution in [3.05, 3.63) is 94.6 Å². The Hall–Kier alpha value is -2.68. The van der Waals surface area contributed by atoms with Gasteiger partial charge in [-0.25, -0.2) is 0 Å². The molecule has 0 saturated heterocycles. The fourth-order valence-corrected chi connectivity index (χ4v) is 6.36. The van der Waals surface area contributed by atoms with Crippen molar-refractivity contribution in [1.82, 2.24) is 9.80 Å². The Balaban J connectivity index is 1.30. The second-order valence-electron chi connectivity index (χ2n) is 8.96. The number of ether oxygens (including phenoxy) is 1. The van der Waals surface area contributed by atoms with E-state index >= 15 is 0 Å². The molecule has 3 nitrogen and oxygen atoms in total. The van der Waals surface area contributed by atoms with E-state index in [1.165, 1.54) is 41.0 Å². The van der Waals surface area contributed by atoms with Gasteiger partial charge in [-0.1, -0.05) is 24.3 Å². The summed E-state index contributed by atoms with van der Waals surface area (Å²) in [6.45, 7) is 0.960. The molecule has 7 rings (SSSR count). The smallest absolute Gasteiger partial charge is 0.136 e. The van der Waals surface area contributed by atoms with Crippen molar-refractivity contribution in [2.45, 2.75) is 38.1 Å². The third-order valence-corrected chi connectivity index (χ3v) is 7.42. The first kappa shape index (κ1) is 15.3. The van der Waals surface area contributed by atoms with Crippen LogP contribution in [0, 0.1) is 11.8 Å². The molecule has 0 radical (unpaired) electrons. The van der Waals surface area contributed by atoms with Gasteiger partial charge in [-0.3, -0.25) is 0 Å². The molecule has 3 unspecified atom stereocenters. The molecule has 140 valence electrons. The van der Waals surface area contributed by atoms with Crippen molar-refractivity contribution in [2.75, 3.05) is 6.54 Å². The van der Waals surface area contributed by atoms with Crippen LogP contribution in [-0.4, -0.2) is 22.4 Å². The summed E-state index contributed by atoms with van der Waals surface area (Å²) in [7, 11) is 0. The third-order valence-electron chi connectivity index (χ3n) is 7.42. The maximum absolute atomic E-state index is 6.85. The van der Waals surface area contributed by atoms with Crippen LogP contribution in [0.4, 0.5) is 0 Å². The molecule has 0 amide bonds. The molecule has 5 aliphatic heterocycles. The highest BCUT2D eigenvalue weighted by Crippen LogP contribution is 2.53. The lowest BCUT2D eigenvalue weighted by molar-refractivity contribution is 0.101. The van der Waals surface area contributed by atoms with E-state index in [-0.39, 0.29) is 0 Å². The predicted molar refractivity (Wildman–Crippen MR) is 109 cm³/mol. The topological polar surface area (TPSA) is 15.7 Å². The van der Waals surface area contributed by atoms with E-state index < -0.39 is 0 Å². The molecule has 5 heterocycles. The molecular formula is C25H24N2O. The van der Waals surface area contributed by atoms with Gasteiger partial charge < -0.3 is 14.5 Å². The first-order valence-electron chi connectivity index (χ1n) is 10.6. The van der Waals surface area contributed by atoms with E-state index in [1.807, 2.05) is 0 Å². The van der Waals surface area contributed by atoms with Crippen LogP contribution in [0.3, 0.4) is 0 Å². The first-order valence-corrected chi connectivity index (χ1v) is 10.6. The maximum atomic E-state index is 6.85. The van der Waals surface area contributed by atoms with Gasteiger partial charge >= 0.3 is 0 Å². The van der Waals surface area contributed by atoms with Crippen molar-refractivity contribution >= 4 is 0 Å². The second-order valence-corrected chi connectivity index (χ2v) is 8.96. The zero-order valence-corrected chi connectivity index (χ0v) is 16.0. The zero-order valence-electron chi connectivity index (χ0n) is 16.0. The lowest BCUT2D eigenvalue weighted by Gasteiger charge is -2.50. The Morgan fingerprint density at radius 3 is 2.86 bits per heavy atom. The normalized spacial score (nSPS) is 34.0. The van der Waals surface area contributed by atoms with E-state index in [0.717, 1.165) is 37.5 Å². The van der Waals surface area contributed by atoms with Gasteiger partial charge in [0.2, 0.25) is 0 Å². The average molecular weight is 368 g/mol. The van der Waals surface area contributed by atoms with Crippen LogP contribution in [-0.2, 0) is 4.74 Å². The Bertz CT molecular complexity index is 1030. The third kappa shape index (κ3) is 1.94. The van der Waals surface area contributed by atoms with Gasteiger partial charge in [0.15, 0.2) is 0 Å². The van der Waals surface area contributed by atoms with Crippen LogP contribution in [0.1, 0.15) is 32.1 Å². The highest BCUT2D eigenvalue weighted by molar-refractivity contribution is 5.61. The molecule has 2 aliphatic carbocycles. The number of hydrogen-bond donors (Lipinski definition) is 0. The van der Waals surface area contributed by atoms with Crippen molar-refractivity contribution in [3.63, 3.8) is 0 Å². The molecule has 0 spiro atoms. The molecule has 0 fully saturated rings. The molecule has 0 saturated carbocycles. The lowest BCUT2D eigenvalue weighted by atomic mass is 9.68. The monoisotopic (exact) mass is 368 g/mol. The van der Waals surface area contributed by atoms with E-state index in [9.17, 15) is 0 Å². The molecule has 28 heavy (non-hydrogen) atoms. The van der Waals surface area contributed by atoms with Crippen LogP contribution in [0.5, 0.6) is 0 Å². The number of allylic oxidation sites excluding steroid dienone is 8. The Morgan fingerprint density at radius 1 is 0.964 bits per heavy atom. The quantitative estimate of drug-likeness (QED) is 0.596. The van der Waals surface area contributed by atoms with Gasteiger partial charge in [-0.2, -0.15) is 0 Å². The fraction of sp³-hybridized carbons (Fsp3) is 0.360. The van der Waals surface area contributed by atoms with Crippen LogP contribution in [0.2, 0.25) is 0 Å². The first-order chi connectivity index (χ1) is 13.9. The zero-order chi connectivity index (χ0) is 18.2. The summed E-state index contributed by atoms with van der Waals surface area (Å²) in [4.78, 5) is 4.81. The Kier molecular flexibility index (Phi) is 2.96. The molecular weight excluding hydrogens is 344 g/mol. The van der Waals surface area contributed by atoms with Gasteiger partial charge in [0.25, 0.3) is 0 Å². The van der Waals surface area contributed by atoms with Crippen molar-refractivity contribution < 1.29 is 4.74 Å². The molecule has 0 aromatic heterocycles. The minimum atomic E-state index is 0.496. The minimum Gasteiger partial charge on any atom is -0.461 e. The van der Waals surface area contributed by atoms with Crippen LogP contribution in [0.25, 0.3) is 0 Å². The van der Waals surface area contributed by atoms with E-state index in [4.69, 9.17) is 4.74 Å². The number of rotatable bonds is 0.